The van der Waals surface area contributed by atoms with Crippen molar-refractivity contribution in [1.29, 1.82) is 0 Å². The lowest BCUT2D eigenvalue weighted by Crippen LogP contribution is -2.39. The van der Waals surface area contributed by atoms with E-state index in [1.807, 2.05) is 19.1 Å². The smallest absolute Gasteiger partial charge is 0.226 e. The highest BCUT2D eigenvalue weighted by atomic mass is 32.1. The molecule has 1 aliphatic carbocycles. The molecule has 0 bridgehead atoms. The lowest BCUT2D eigenvalue weighted by atomic mass is 10.0. The van der Waals surface area contributed by atoms with Gasteiger partial charge < -0.3 is 4.90 Å². The van der Waals surface area contributed by atoms with Crippen molar-refractivity contribution in [3.8, 4) is 0 Å². The van der Waals surface area contributed by atoms with E-state index in [1.54, 1.807) is 11.3 Å². The maximum absolute atomic E-state index is 13.1. The van der Waals surface area contributed by atoms with E-state index in [4.69, 9.17) is 0 Å². The molecule has 3 nitrogen and oxygen atoms in total. The average Bonchev–Trinajstić information content (AvgIpc) is 3.28. The molecule has 2 fully saturated rings. The van der Waals surface area contributed by atoms with Crippen molar-refractivity contribution in [3.05, 3.63) is 51.7 Å². The zero-order valence-electron chi connectivity index (χ0n) is 13.7. The Morgan fingerprint density at radius 3 is 2.79 bits per heavy atom. The largest absolute Gasteiger partial charge is 0.333 e. The van der Waals surface area contributed by atoms with Crippen LogP contribution in [0.1, 0.15) is 53.9 Å². The van der Waals surface area contributed by atoms with Gasteiger partial charge in [-0.2, -0.15) is 0 Å². The third-order valence-corrected chi connectivity index (χ3v) is 6.18. The van der Waals surface area contributed by atoms with E-state index in [-0.39, 0.29) is 29.6 Å². The monoisotopic (exact) mass is 344 g/mol. The summed E-state index contributed by atoms with van der Waals surface area (Å²) in [5.74, 6) is 0.329. The van der Waals surface area contributed by atoms with Crippen LogP contribution in [0.4, 0.5) is 4.39 Å². The average molecular weight is 344 g/mol. The summed E-state index contributed by atoms with van der Waals surface area (Å²) in [5, 5.41) is 3.13. The number of hydrogen-bond donors (Lipinski definition) is 0. The number of carbonyl (C=O) groups is 1. The molecule has 2 aliphatic rings. The van der Waals surface area contributed by atoms with Gasteiger partial charge in [0.15, 0.2) is 0 Å². The second-order valence-electron chi connectivity index (χ2n) is 6.87. The Balaban J connectivity index is 1.49. The molecule has 24 heavy (non-hydrogen) atoms. The van der Waals surface area contributed by atoms with Crippen LogP contribution in [-0.2, 0) is 4.79 Å². The highest BCUT2D eigenvalue weighted by Gasteiger charge is 2.47. The van der Waals surface area contributed by atoms with Gasteiger partial charge in [0.1, 0.15) is 10.8 Å². The van der Waals surface area contributed by atoms with E-state index >= 15 is 0 Å². The van der Waals surface area contributed by atoms with E-state index in [9.17, 15) is 9.18 Å². The molecule has 1 aliphatic heterocycles. The number of rotatable bonds is 3. The molecule has 5 heteroatoms. The Hall–Kier alpha value is -1.75. The summed E-state index contributed by atoms with van der Waals surface area (Å²) < 4.78 is 13.1. The molecule has 1 saturated carbocycles. The van der Waals surface area contributed by atoms with Gasteiger partial charge in [0.25, 0.3) is 0 Å². The van der Waals surface area contributed by atoms with Crippen LogP contribution < -0.4 is 0 Å². The molecule has 3 atom stereocenters. The number of halogens is 1. The minimum atomic E-state index is -0.225. The lowest BCUT2D eigenvalue weighted by Gasteiger charge is -2.35. The fourth-order valence-corrected chi connectivity index (χ4v) is 4.68. The molecule has 0 unspecified atom stereocenters. The van der Waals surface area contributed by atoms with Crippen LogP contribution in [0.25, 0.3) is 0 Å². The maximum Gasteiger partial charge on any atom is 0.226 e. The summed E-state index contributed by atoms with van der Waals surface area (Å²) >= 11 is 1.66. The zero-order chi connectivity index (χ0) is 16.7. The van der Waals surface area contributed by atoms with Crippen LogP contribution in [0.2, 0.25) is 0 Å². The van der Waals surface area contributed by atoms with Crippen LogP contribution in [0.15, 0.2) is 29.6 Å². The van der Waals surface area contributed by atoms with Gasteiger partial charge in [-0.25, -0.2) is 9.37 Å². The van der Waals surface area contributed by atoms with Gasteiger partial charge in [0, 0.05) is 23.5 Å². The zero-order valence-corrected chi connectivity index (χ0v) is 14.6. The molecule has 0 spiro atoms. The third-order valence-electron chi connectivity index (χ3n) is 5.11. The standard InChI is InChI=1S/C19H21FN2OS/c1-12-11-24-18(21-12)17-4-2-3-9-22(17)19(23)16-10-15(16)13-5-7-14(20)8-6-13/h5-8,11,15-17H,2-4,9-10H2,1H3/t15-,16-,17-/m0/s1. The number of thiazole rings is 1. The third kappa shape index (κ3) is 2.97. The molecule has 4 rings (SSSR count). The highest BCUT2D eigenvalue weighted by molar-refractivity contribution is 7.09. The first-order chi connectivity index (χ1) is 11.6. The van der Waals surface area contributed by atoms with Crippen molar-refractivity contribution in [2.75, 3.05) is 6.54 Å². The summed E-state index contributed by atoms with van der Waals surface area (Å²) in [6.07, 6.45) is 4.11. The molecule has 1 amide bonds. The van der Waals surface area contributed by atoms with Crippen molar-refractivity contribution in [1.82, 2.24) is 9.88 Å². The van der Waals surface area contributed by atoms with Gasteiger partial charge in [-0.1, -0.05) is 12.1 Å². The lowest BCUT2D eigenvalue weighted by molar-refractivity contribution is -0.136. The van der Waals surface area contributed by atoms with E-state index in [1.165, 1.54) is 12.1 Å². The minimum absolute atomic E-state index is 0.0529. The maximum atomic E-state index is 13.1. The van der Waals surface area contributed by atoms with E-state index in [2.05, 4.69) is 15.3 Å². The van der Waals surface area contributed by atoms with Gasteiger partial charge in [0.05, 0.1) is 6.04 Å². The summed E-state index contributed by atoms with van der Waals surface area (Å²) in [4.78, 5) is 19.7. The van der Waals surface area contributed by atoms with Gasteiger partial charge in [-0.3, -0.25) is 4.79 Å². The van der Waals surface area contributed by atoms with Crippen molar-refractivity contribution in [2.24, 2.45) is 5.92 Å². The van der Waals surface area contributed by atoms with E-state index < -0.39 is 0 Å². The molecule has 0 N–H and O–H groups in total. The van der Waals surface area contributed by atoms with Crippen LogP contribution in [-0.4, -0.2) is 22.3 Å². The SMILES string of the molecule is Cc1csc([C@@H]2CCCCN2C(=O)[C@H]2C[C@H]2c2ccc(F)cc2)n1. The van der Waals surface area contributed by atoms with E-state index in [0.29, 0.717) is 0 Å². The van der Waals surface area contributed by atoms with Gasteiger partial charge >= 0.3 is 0 Å². The Bertz CT molecular complexity index is 742. The molecular formula is C19H21FN2OS. The number of aryl methyl sites for hydroxylation is 1. The van der Waals surface area contributed by atoms with Crippen molar-refractivity contribution in [3.63, 3.8) is 0 Å². The van der Waals surface area contributed by atoms with Crippen molar-refractivity contribution in [2.45, 2.75) is 44.6 Å². The number of hydrogen-bond acceptors (Lipinski definition) is 3. The Kier molecular flexibility index (Phi) is 4.12. The molecule has 2 aromatic rings. The van der Waals surface area contributed by atoms with Gasteiger partial charge in [-0.15, -0.1) is 11.3 Å². The molecule has 2 heterocycles. The summed E-state index contributed by atoms with van der Waals surface area (Å²) in [5.41, 5.74) is 2.11. The molecular weight excluding hydrogens is 323 g/mol. The van der Waals surface area contributed by atoms with Crippen molar-refractivity contribution >= 4 is 17.2 Å². The fourth-order valence-electron chi connectivity index (χ4n) is 3.74. The summed E-state index contributed by atoms with van der Waals surface area (Å²) in [7, 11) is 0. The number of carbonyl (C=O) groups excluding carboxylic acids is 1. The molecule has 1 saturated heterocycles. The minimum Gasteiger partial charge on any atom is -0.333 e. The molecule has 0 radical (unpaired) electrons. The number of amides is 1. The Morgan fingerprint density at radius 2 is 2.08 bits per heavy atom. The fraction of sp³-hybridized carbons (Fsp3) is 0.474. The Morgan fingerprint density at radius 1 is 1.29 bits per heavy atom. The second kappa shape index (κ2) is 6.28. The highest BCUT2D eigenvalue weighted by Crippen LogP contribution is 2.50. The Labute approximate surface area is 145 Å². The van der Waals surface area contributed by atoms with Crippen LogP contribution >= 0.6 is 11.3 Å². The van der Waals surface area contributed by atoms with Gasteiger partial charge in [-0.05, 0) is 56.2 Å². The number of nitrogens with zero attached hydrogens (tertiary/aromatic N) is 2. The predicted octanol–water partition coefficient (Wildman–Crippen LogP) is 4.45. The first-order valence-electron chi connectivity index (χ1n) is 8.61. The van der Waals surface area contributed by atoms with Crippen molar-refractivity contribution < 1.29 is 9.18 Å². The van der Waals surface area contributed by atoms with Crippen LogP contribution in [0.3, 0.4) is 0 Å². The van der Waals surface area contributed by atoms with Crippen LogP contribution in [0, 0.1) is 18.7 Å². The number of aromatic nitrogens is 1. The number of likely N-dealkylation sites (tertiary alicyclic amines) is 1. The quantitative estimate of drug-likeness (QED) is 0.824. The molecule has 1 aromatic heterocycles. The first kappa shape index (κ1) is 15.8. The number of benzene rings is 1. The molecule has 1 aromatic carbocycles. The molecule has 126 valence electrons. The number of piperidine rings is 1. The van der Waals surface area contributed by atoms with E-state index in [0.717, 1.165) is 48.5 Å². The summed E-state index contributed by atoms with van der Waals surface area (Å²) in [6.45, 7) is 2.83. The first-order valence-corrected chi connectivity index (χ1v) is 9.49. The summed E-state index contributed by atoms with van der Waals surface area (Å²) in [6, 6.07) is 6.73. The topological polar surface area (TPSA) is 33.2 Å². The second-order valence-corrected chi connectivity index (χ2v) is 7.76. The van der Waals surface area contributed by atoms with Gasteiger partial charge in [0.2, 0.25) is 5.91 Å². The predicted molar refractivity (Wildman–Crippen MR) is 92.4 cm³/mol. The van der Waals surface area contributed by atoms with Crippen LogP contribution in [0.5, 0.6) is 0 Å². The normalized spacial score (nSPS) is 26.4.